The maximum absolute atomic E-state index is 11.6. The molecule has 0 aromatic rings. The zero-order valence-corrected chi connectivity index (χ0v) is 12.6. The summed E-state index contributed by atoms with van der Waals surface area (Å²) in [4.78, 5) is 35.2. The van der Waals surface area contributed by atoms with E-state index in [4.69, 9.17) is 9.84 Å². The Morgan fingerprint density at radius 3 is 2.48 bits per heavy atom. The van der Waals surface area contributed by atoms with Crippen LogP contribution in [0.1, 0.15) is 20.8 Å². The molecule has 8 heteroatoms. The van der Waals surface area contributed by atoms with E-state index in [-0.39, 0.29) is 13.2 Å². The monoisotopic (exact) mass is 301 g/mol. The lowest BCUT2D eigenvalue weighted by molar-refractivity contribution is -0.166. The topological polar surface area (TPSA) is 108 Å². The van der Waals surface area contributed by atoms with Gasteiger partial charge >= 0.3 is 12.0 Å². The number of likely N-dealkylation sites (tertiary alicyclic amines) is 1. The van der Waals surface area contributed by atoms with Crippen molar-refractivity contribution in [2.45, 2.75) is 26.4 Å². The van der Waals surface area contributed by atoms with Gasteiger partial charge in [-0.2, -0.15) is 0 Å². The minimum Gasteiger partial charge on any atom is -0.480 e. The van der Waals surface area contributed by atoms with Gasteiger partial charge in [-0.1, -0.05) is 13.8 Å². The number of aliphatic carboxylic acids is 1. The number of hydrogen-bond donors (Lipinski definition) is 3. The number of carboxylic acid groups (broad SMARTS) is 1. The summed E-state index contributed by atoms with van der Waals surface area (Å²) in [6.07, 6.45) is 0. The van der Waals surface area contributed by atoms with Gasteiger partial charge in [0.25, 0.3) is 0 Å². The number of amides is 3. The number of imide groups is 1. The van der Waals surface area contributed by atoms with E-state index in [1.807, 2.05) is 13.8 Å². The average molecular weight is 301 g/mol. The number of ether oxygens (including phenoxy) is 1. The molecule has 0 saturated carbocycles. The fourth-order valence-corrected chi connectivity index (χ4v) is 2.05. The minimum absolute atomic E-state index is 0.0844. The molecule has 1 fully saturated rings. The summed E-state index contributed by atoms with van der Waals surface area (Å²) in [5.74, 6) is -1.10. The molecule has 1 aliphatic heterocycles. The molecule has 3 amide bonds. The van der Waals surface area contributed by atoms with Gasteiger partial charge in [-0.05, 0) is 12.8 Å². The van der Waals surface area contributed by atoms with E-state index in [1.165, 1.54) is 0 Å². The van der Waals surface area contributed by atoms with Gasteiger partial charge in [-0.25, -0.2) is 9.59 Å². The SMILES string of the molecule is CC(C)CNC(=O)NC(=O)CN1CC(C)(OCC(=O)O)C1. The predicted octanol–water partition coefficient (Wildman–Crippen LogP) is -0.356. The fraction of sp³-hybridized carbons (Fsp3) is 0.769. The maximum Gasteiger partial charge on any atom is 0.329 e. The van der Waals surface area contributed by atoms with E-state index in [0.717, 1.165) is 0 Å². The van der Waals surface area contributed by atoms with E-state index in [9.17, 15) is 14.4 Å². The quantitative estimate of drug-likeness (QED) is 0.593. The summed E-state index contributed by atoms with van der Waals surface area (Å²) < 4.78 is 5.23. The second kappa shape index (κ2) is 7.37. The van der Waals surface area contributed by atoms with Crippen LogP contribution < -0.4 is 10.6 Å². The summed E-state index contributed by atoms with van der Waals surface area (Å²) >= 11 is 0. The fourth-order valence-electron chi connectivity index (χ4n) is 2.05. The van der Waals surface area contributed by atoms with E-state index in [0.29, 0.717) is 25.6 Å². The Morgan fingerprint density at radius 1 is 1.33 bits per heavy atom. The summed E-state index contributed by atoms with van der Waals surface area (Å²) in [6, 6.07) is -0.501. The highest BCUT2D eigenvalue weighted by molar-refractivity contribution is 5.95. The largest absolute Gasteiger partial charge is 0.480 e. The smallest absolute Gasteiger partial charge is 0.329 e. The van der Waals surface area contributed by atoms with Gasteiger partial charge in [-0.3, -0.25) is 15.0 Å². The zero-order chi connectivity index (χ0) is 16.0. The molecule has 0 radical (unpaired) electrons. The van der Waals surface area contributed by atoms with Gasteiger partial charge in [0.1, 0.15) is 6.61 Å². The average Bonchev–Trinajstić information content (AvgIpc) is 2.32. The van der Waals surface area contributed by atoms with Gasteiger partial charge in [0.05, 0.1) is 12.1 Å². The Labute approximate surface area is 123 Å². The van der Waals surface area contributed by atoms with Crippen LogP contribution in [-0.4, -0.2) is 66.3 Å². The van der Waals surface area contributed by atoms with Crippen LogP contribution in [0.4, 0.5) is 4.79 Å². The number of carboxylic acids is 1. The molecule has 0 atom stereocenters. The highest BCUT2D eigenvalue weighted by Crippen LogP contribution is 2.23. The van der Waals surface area contributed by atoms with Crippen LogP contribution in [0, 0.1) is 5.92 Å². The number of hydrogen-bond acceptors (Lipinski definition) is 5. The van der Waals surface area contributed by atoms with Crippen molar-refractivity contribution in [3.63, 3.8) is 0 Å². The minimum atomic E-state index is -1.02. The van der Waals surface area contributed by atoms with Crippen molar-refractivity contribution in [2.24, 2.45) is 5.92 Å². The Bertz CT molecular complexity index is 405. The lowest BCUT2D eigenvalue weighted by Gasteiger charge is -2.46. The number of carbonyl (C=O) groups is 3. The van der Waals surface area contributed by atoms with Gasteiger partial charge in [0.15, 0.2) is 0 Å². The van der Waals surface area contributed by atoms with Crippen molar-refractivity contribution in [3.05, 3.63) is 0 Å². The van der Waals surface area contributed by atoms with Crippen LogP contribution in [0.25, 0.3) is 0 Å². The standard InChI is InChI=1S/C13H23N3O5/c1-9(2)4-14-12(20)15-10(17)5-16-7-13(3,8-16)21-6-11(18)19/h9H,4-8H2,1-3H3,(H,18,19)(H2,14,15,17,20). The van der Waals surface area contributed by atoms with E-state index >= 15 is 0 Å². The van der Waals surface area contributed by atoms with Crippen LogP contribution >= 0.6 is 0 Å². The first-order chi connectivity index (χ1) is 9.70. The zero-order valence-electron chi connectivity index (χ0n) is 12.6. The van der Waals surface area contributed by atoms with Gasteiger partial charge in [0.2, 0.25) is 5.91 Å². The molecule has 0 aliphatic carbocycles. The summed E-state index contributed by atoms with van der Waals surface area (Å²) in [7, 11) is 0. The molecule has 0 aromatic carbocycles. The Kier molecular flexibility index (Phi) is 6.10. The van der Waals surface area contributed by atoms with Gasteiger partial charge < -0.3 is 15.2 Å². The highest BCUT2D eigenvalue weighted by Gasteiger charge is 2.40. The molecule has 1 heterocycles. The van der Waals surface area contributed by atoms with Crippen LogP contribution in [-0.2, 0) is 14.3 Å². The second-order valence-electron chi connectivity index (χ2n) is 5.93. The summed E-state index contributed by atoms with van der Waals surface area (Å²) in [5, 5.41) is 13.4. The Balaban J connectivity index is 2.20. The maximum atomic E-state index is 11.6. The normalized spacial score (nSPS) is 17.1. The van der Waals surface area contributed by atoms with Crippen LogP contribution in [0.15, 0.2) is 0 Å². The summed E-state index contributed by atoms with van der Waals surface area (Å²) in [5.41, 5.74) is -0.543. The Morgan fingerprint density at radius 2 is 1.95 bits per heavy atom. The molecule has 1 aliphatic rings. The third-order valence-corrected chi connectivity index (χ3v) is 2.95. The van der Waals surface area contributed by atoms with Crippen LogP contribution in [0.5, 0.6) is 0 Å². The predicted molar refractivity (Wildman–Crippen MR) is 74.8 cm³/mol. The van der Waals surface area contributed by atoms with Crippen molar-refractivity contribution in [2.75, 3.05) is 32.8 Å². The first-order valence-corrected chi connectivity index (χ1v) is 6.86. The van der Waals surface area contributed by atoms with Gasteiger partial charge in [-0.15, -0.1) is 0 Å². The second-order valence-corrected chi connectivity index (χ2v) is 5.93. The molecule has 8 nitrogen and oxygen atoms in total. The molecule has 1 rings (SSSR count). The van der Waals surface area contributed by atoms with E-state index < -0.39 is 23.5 Å². The molecule has 0 unspecified atom stereocenters. The molecule has 0 aromatic heterocycles. The van der Waals surface area contributed by atoms with Crippen LogP contribution in [0.3, 0.4) is 0 Å². The first-order valence-electron chi connectivity index (χ1n) is 6.86. The lowest BCUT2D eigenvalue weighted by atomic mass is 9.96. The molecular formula is C13H23N3O5. The van der Waals surface area contributed by atoms with Gasteiger partial charge in [0, 0.05) is 19.6 Å². The molecule has 120 valence electrons. The van der Waals surface area contributed by atoms with Crippen molar-refractivity contribution in [3.8, 4) is 0 Å². The Hall–Kier alpha value is -1.67. The van der Waals surface area contributed by atoms with Crippen molar-refractivity contribution in [1.29, 1.82) is 0 Å². The molecule has 1 saturated heterocycles. The molecule has 21 heavy (non-hydrogen) atoms. The molecular weight excluding hydrogens is 278 g/mol. The molecule has 0 bridgehead atoms. The summed E-state index contributed by atoms with van der Waals surface area (Å²) in [6.45, 7) is 6.86. The number of rotatable bonds is 7. The lowest BCUT2D eigenvalue weighted by Crippen LogP contribution is -2.63. The number of nitrogens with zero attached hydrogens (tertiary/aromatic N) is 1. The molecule has 0 spiro atoms. The van der Waals surface area contributed by atoms with Crippen LogP contribution in [0.2, 0.25) is 0 Å². The third-order valence-electron chi connectivity index (χ3n) is 2.95. The highest BCUT2D eigenvalue weighted by atomic mass is 16.5. The van der Waals surface area contributed by atoms with Crippen molar-refractivity contribution in [1.82, 2.24) is 15.5 Å². The van der Waals surface area contributed by atoms with E-state index in [2.05, 4.69) is 10.6 Å². The number of nitrogens with one attached hydrogen (secondary N) is 2. The number of urea groups is 1. The van der Waals surface area contributed by atoms with E-state index in [1.54, 1.807) is 11.8 Å². The first kappa shape index (κ1) is 17.4. The van der Waals surface area contributed by atoms with Crippen molar-refractivity contribution < 1.29 is 24.2 Å². The van der Waals surface area contributed by atoms with Crippen molar-refractivity contribution >= 4 is 17.9 Å². The number of carbonyl (C=O) groups excluding carboxylic acids is 2. The molecule has 3 N–H and O–H groups in total. The third kappa shape index (κ3) is 6.54.